The molecule has 3 rings (SSSR count). The number of hydrogen-bond acceptors (Lipinski definition) is 5. The van der Waals surface area contributed by atoms with Gasteiger partial charge in [-0.2, -0.15) is 0 Å². The van der Waals surface area contributed by atoms with E-state index in [1.165, 1.54) is 19.3 Å². The second-order valence-corrected chi connectivity index (χ2v) is 7.09. The Hall–Kier alpha value is -2.97. The summed E-state index contributed by atoms with van der Waals surface area (Å²) in [4.78, 5) is 24.0. The number of aromatic nitrogens is 4. The molecule has 0 unspecified atom stereocenters. The van der Waals surface area contributed by atoms with Crippen molar-refractivity contribution < 1.29 is 9.59 Å². The van der Waals surface area contributed by atoms with Gasteiger partial charge in [0.1, 0.15) is 0 Å². The number of hydrogen-bond donors (Lipinski definition) is 3. The molecular weight excluding hydrogens is 358 g/mol. The van der Waals surface area contributed by atoms with Crippen molar-refractivity contribution in [3.63, 3.8) is 0 Å². The van der Waals surface area contributed by atoms with Gasteiger partial charge in [-0.05, 0) is 41.8 Å². The van der Waals surface area contributed by atoms with Crippen molar-refractivity contribution in [1.29, 1.82) is 0 Å². The van der Waals surface area contributed by atoms with E-state index in [0.717, 1.165) is 18.4 Å². The summed E-state index contributed by atoms with van der Waals surface area (Å²) in [6, 6.07) is 7.53. The molecule has 3 N–H and O–H groups in total. The molecule has 1 aliphatic carbocycles. The first-order valence-corrected chi connectivity index (χ1v) is 9.79. The molecule has 1 aliphatic rings. The SMILES string of the molecule is Cn1nnnc1-c1cccc(NC(=O)CCCNC(=O)NC2CCCCC2)c1. The number of urea groups is 1. The molecule has 0 saturated heterocycles. The average molecular weight is 385 g/mol. The van der Waals surface area contributed by atoms with Crippen LogP contribution in [0.3, 0.4) is 0 Å². The van der Waals surface area contributed by atoms with Gasteiger partial charge in [-0.25, -0.2) is 9.48 Å². The van der Waals surface area contributed by atoms with Crippen molar-refractivity contribution in [2.24, 2.45) is 7.05 Å². The van der Waals surface area contributed by atoms with E-state index in [1.807, 2.05) is 24.3 Å². The summed E-state index contributed by atoms with van der Waals surface area (Å²) in [6.45, 7) is 0.469. The second kappa shape index (κ2) is 9.82. The Morgan fingerprint density at radius 3 is 2.79 bits per heavy atom. The lowest BCUT2D eigenvalue weighted by molar-refractivity contribution is -0.116. The highest BCUT2D eigenvalue weighted by Gasteiger charge is 2.15. The predicted octanol–water partition coefficient (Wildman–Crippen LogP) is 2.23. The first-order chi connectivity index (χ1) is 13.6. The third kappa shape index (κ3) is 5.77. The lowest BCUT2D eigenvalue weighted by Gasteiger charge is -2.22. The van der Waals surface area contributed by atoms with Crippen LogP contribution in [-0.4, -0.2) is 44.7 Å². The van der Waals surface area contributed by atoms with Gasteiger partial charge < -0.3 is 16.0 Å². The summed E-state index contributed by atoms with van der Waals surface area (Å²) in [6.07, 6.45) is 6.64. The van der Waals surface area contributed by atoms with E-state index in [1.54, 1.807) is 11.7 Å². The minimum absolute atomic E-state index is 0.0947. The van der Waals surface area contributed by atoms with E-state index in [0.29, 0.717) is 30.9 Å². The number of tetrazole rings is 1. The number of carbonyl (C=O) groups is 2. The smallest absolute Gasteiger partial charge is 0.315 e. The first-order valence-electron chi connectivity index (χ1n) is 9.79. The zero-order chi connectivity index (χ0) is 19.8. The van der Waals surface area contributed by atoms with Crippen LogP contribution in [0.25, 0.3) is 11.4 Å². The van der Waals surface area contributed by atoms with Crippen molar-refractivity contribution in [3.8, 4) is 11.4 Å². The number of amides is 3. The average Bonchev–Trinajstić information content (AvgIpc) is 3.12. The fourth-order valence-corrected chi connectivity index (χ4v) is 3.37. The fourth-order valence-electron chi connectivity index (χ4n) is 3.37. The van der Waals surface area contributed by atoms with Gasteiger partial charge in [-0.1, -0.05) is 31.4 Å². The number of aryl methyl sites for hydroxylation is 1. The van der Waals surface area contributed by atoms with Crippen molar-refractivity contribution in [1.82, 2.24) is 30.8 Å². The summed E-state index contributed by atoms with van der Waals surface area (Å²) in [5, 5.41) is 20.1. The Morgan fingerprint density at radius 2 is 2.04 bits per heavy atom. The molecule has 0 atom stereocenters. The van der Waals surface area contributed by atoms with E-state index in [4.69, 9.17) is 0 Å². The summed E-state index contributed by atoms with van der Waals surface area (Å²) >= 11 is 0. The molecule has 1 fully saturated rings. The molecule has 2 aromatic rings. The van der Waals surface area contributed by atoms with Gasteiger partial charge in [0, 0.05) is 37.3 Å². The lowest BCUT2D eigenvalue weighted by atomic mass is 9.96. The summed E-state index contributed by atoms with van der Waals surface area (Å²) in [5.41, 5.74) is 1.51. The number of benzene rings is 1. The normalized spacial score (nSPS) is 14.5. The lowest BCUT2D eigenvalue weighted by Crippen LogP contribution is -2.43. The molecule has 3 amide bonds. The Bertz CT molecular complexity index is 799. The third-order valence-electron chi connectivity index (χ3n) is 4.83. The highest BCUT2D eigenvalue weighted by molar-refractivity contribution is 5.91. The molecule has 1 aromatic carbocycles. The molecule has 1 aromatic heterocycles. The highest BCUT2D eigenvalue weighted by atomic mass is 16.2. The molecular formula is C19H27N7O2. The minimum Gasteiger partial charge on any atom is -0.338 e. The standard InChI is InChI=1S/C19H27N7O2/c1-26-18(23-24-25-26)14-7-5-10-16(13-14)21-17(27)11-6-12-20-19(28)22-15-8-3-2-4-9-15/h5,7,10,13,15H,2-4,6,8-9,11-12H2,1H3,(H,21,27)(H2,20,22,28). The molecule has 9 nitrogen and oxygen atoms in total. The molecule has 150 valence electrons. The molecule has 9 heteroatoms. The van der Waals surface area contributed by atoms with E-state index in [9.17, 15) is 9.59 Å². The quantitative estimate of drug-likeness (QED) is 0.633. The van der Waals surface area contributed by atoms with Crippen LogP contribution in [0.4, 0.5) is 10.5 Å². The maximum Gasteiger partial charge on any atom is 0.315 e. The van der Waals surface area contributed by atoms with Crippen LogP contribution >= 0.6 is 0 Å². The number of anilines is 1. The summed E-state index contributed by atoms with van der Waals surface area (Å²) < 4.78 is 1.57. The number of carbonyl (C=O) groups excluding carboxylic acids is 2. The Kier molecular flexibility index (Phi) is 6.94. The molecule has 0 spiro atoms. The number of rotatable bonds is 7. The van der Waals surface area contributed by atoms with Crippen LogP contribution in [0.5, 0.6) is 0 Å². The highest BCUT2D eigenvalue weighted by Crippen LogP contribution is 2.20. The van der Waals surface area contributed by atoms with Crippen LogP contribution < -0.4 is 16.0 Å². The maximum atomic E-state index is 12.2. The van der Waals surface area contributed by atoms with Crippen molar-refractivity contribution in [3.05, 3.63) is 24.3 Å². The maximum absolute atomic E-state index is 12.2. The van der Waals surface area contributed by atoms with E-state index in [2.05, 4.69) is 31.5 Å². The van der Waals surface area contributed by atoms with Crippen molar-refractivity contribution in [2.45, 2.75) is 51.0 Å². The van der Waals surface area contributed by atoms with Gasteiger partial charge >= 0.3 is 6.03 Å². The predicted molar refractivity (Wildman–Crippen MR) is 106 cm³/mol. The Balaban J connectivity index is 1.37. The van der Waals surface area contributed by atoms with Crippen molar-refractivity contribution >= 4 is 17.6 Å². The minimum atomic E-state index is -0.141. The third-order valence-corrected chi connectivity index (χ3v) is 4.83. The van der Waals surface area contributed by atoms with Crippen LogP contribution in [0.15, 0.2) is 24.3 Å². The zero-order valence-corrected chi connectivity index (χ0v) is 16.1. The zero-order valence-electron chi connectivity index (χ0n) is 16.1. The van der Waals surface area contributed by atoms with Gasteiger partial charge in [-0.15, -0.1) is 5.10 Å². The van der Waals surface area contributed by atoms with Crippen LogP contribution in [0, 0.1) is 0 Å². The Labute approximate surface area is 164 Å². The summed E-state index contributed by atoms with van der Waals surface area (Å²) in [7, 11) is 1.76. The number of nitrogens with zero attached hydrogens (tertiary/aromatic N) is 4. The van der Waals surface area contributed by atoms with Gasteiger partial charge in [-0.3, -0.25) is 4.79 Å². The fraction of sp³-hybridized carbons (Fsp3) is 0.526. The second-order valence-electron chi connectivity index (χ2n) is 7.09. The van der Waals surface area contributed by atoms with Gasteiger partial charge in [0.05, 0.1) is 0 Å². The van der Waals surface area contributed by atoms with Crippen LogP contribution in [0.2, 0.25) is 0 Å². The molecule has 28 heavy (non-hydrogen) atoms. The largest absolute Gasteiger partial charge is 0.338 e. The van der Waals surface area contributed by atoms with E-state index in [-0.39, 0.29) is 18.0 Å². The van der Waals surface area contributed by atoms with Gasteiger partial charge in [0.15, 0.2) is 5.82 Å². The molecule has 1 heterocycles. The monoisotopic (exact) mass is 385 g/mol. The van der Waals surface area contributed by atoms with Gasteiger partial charge in [0.25, 0.3) is 0 Å². The summed E-state index contributed by atoms with van der Waals surface area (Å²) in [5.74, 6) is 0.534. The van der Waals surface area contributed by atoms with Crippen LogP contribution in [0.1, 0.15) is 44.9 Å². The van der Waals surface area contributed by atoms with Crippen LogP contribution in [-0.2, 0) is 11.8 Å². The topological polar surface area (TPSA) is 114 Å². The molecule has 0 radical (unpaired) electrons. The van der Waals surface area contributed by atoms with Crippen molar-refractivity contribution in [2.75, 3.05) is 11.9 Å². The van der Waals surface area contributed by atoms with Gasteiger partial charge in [0.2, 0.25) is 5.91 Å². The number of nitrogens with one attached hydrogen (secondary N) is 3. The Morgan fingerprint density at radius 1 is 1.21 bits per heavy atom. The van der Waals surface area contributed by atoms with E-state index >= 15 is 0 Å². The molecule has 0 bridgehead atoms. The molecule has 0 aliphatic heterocycles. The first kappa shape index (κ1) is 19.8. The molecule has 1 saturated carbocycles. The van der Waals surface area contributed by atoms with E-state index < -0.39 is 0 Å².